The molecular weight excluding hydrogens is 362 g/mol. The van der Waals surface area contributed by atoms with E-state index in [4.69, 9.17) is 16.3 Å². The number of benzene rings is 3. The van der Waals surface area contributed by atoms with Crippen LogP contribution in [0.5, 0.6) is 11.5 Å². The normalized spacial score (nSPS) is 10.9. The summed E-state index contributed by atoms with van der Waals surface area (Å²) in [6, 6.07) is 17.2. The third kappa shape index (κ3) is 4.74. The lowest BCUT2D eigenvalue weighted by Crippen LogP contribution is -2.08. The van der Waals surface area contributed by atoms with E-state index in [-0.39, 0.29) is 5.75 Å². The molecule has 0 saturated heterocycles. The number of phenols is 1. The maximum Gasteiger partial charge on any atom is 0.343 e. The van der Waals surface area contributed by atoms with Crippen LogP contribution in [0.1, 0.15) is 27.0 Å². The van der Waals surface area contributed by atoms with Crippen LogP contribution in [0, 0.1) is 13.8 Å². The van der Waals surface area contributed by atoms with E-state index < -0.39 is 5.97 Å². The van der Waals surface area contributed by atoms with Crippen molar-refractivity contribution in [3.63, 3.8) is 0 Å². The second-order valence-corrected chi connectivity index (χ2v) is 6.61. The van der Waals surface area contributed by atoms with Crippen molar-refractivity contribution in [2.75, 3.05) is 0 Å². The van der Waals surface area contributed by atoms with Crippen LogP contribution in [0.25, 0.3) is 0 Å². The van der Waals surface area contributed by atoms with Crippen LogP contribution in [0.4, 0.5) is 5.69 Å². The van der Waals surface area contributed by atoms with Crippen molar-refractivity contribution in [1.82, 2.24) is 0 Å². The van der Waals surface area contributed by atoms with Gasteiger partial charge >= 0.3 is 5.97 Å². The van der Waals surface area contributed by atoms with E-state index in [1.54, 1.807) is 54.7 Å². The fraction of sp³-hybridized carbons (Fsp3) is 0.0909. The molecule has 0 atom stereocenters. The van der Waals surface area contributed by atoms with Crippen molar-refractivity contribution in [2.45, 2.75) is 13.8 Å². The zero-order valence-corrected chi connectivity index (χ0v) is 15.7. The van der Waals surface area contributed by atoms with Gasteiger partial charge in [-0.25, -0.2) is 4.79 Å². The summed E-state index contributed by atoms with van der Waals surface area (Å²) in [6.45, 7) is 3.79. The van der Waals surface area contributed by atoms with Crippen LogP contribution in [-0.2, 0) is 0 Å². The Morgan fingerprint density at radius 3 is 2.37 bits per heavy atom. The molecule has 3 aromatic rings. The van der Waals surface area contributed by atoms with Crippen LogP contribution in [0.3, 0.4) is 0 Å². The maximum atomic E-state index is 12.1. The summed E-state index contributed by atoms with van der Waals surface area (Å²) in [5, 5.41) is 10.6. The van der Waals surface area contributed by atoms with E-state index in [2.05, 4.69) is 4.99 Å². The fourth-order valence-corrected chi connectivity index (χ4v) is 2.68. The van der Waals surface area contributed by atoms with Gasteiger partial charge in [0.1, 0.15) is 17.2 Å². The maximum absolute atomic E-state index is 12.1. The SMILES string of the molecule is Cc1cc(C)c(O)c(N=Cc2ccc(OC(=O)c3ccc(Cl)cc3)cc2)c1. The van der Waals surface area contributed by atoms with Crippen molar-refractivity contribution < 1.29 is 14.6 Å². The molecule has 1 N–H and O–H groups in total. The minimum Gasteiger partial charge on any atom is -0.505 e. The number of phenolic OH excluding ortho intramolecular Hbond substituents is 1. The third-order valence-electron chi connectivity index (χ3n) is 3.95. The Kier molecular flexibility index (Phi) is 5.57. The van der Waals surface area contributed by atoms with Crippen molar-refractivity contribution in [3.8, 4) is 11.5 Å². The monoisotopic (exact) mass is 379 g/mol. The van der Waals surface area contributed by atoms with Gasteiger partial charge < -0.3 is 9.84 Å². The lowest BCUT2D eigenvalue weighted by molar-refractivity contribution is 0.0735. The number of hydrogen-bond donors (Lipinski definition) is 1. The summed E-state index contributed by atoms with van der Waals surface area (Å²) >= 11 is 5.81. The summed E-state index contributed by atoms with van der Waals surface area (Å²) in [6.07, 6.45) is 1.65. The molecule has 136 valence electrons. The predicted octanol–water partition coefficient (Wildman–Crippen LogP) is 5.63. The zero-order valence-electron chi connectivity index (χ0n) is 14.9. The molecule has 0 bridgehead atoms. The summed E-state index contributed by atoms with van der Waals surface area (Å²) < 4.78 is 5.34. The molecule has 3 aromatic carbocycles. The lowest BCUT2D eigenvalue weighted by atomic mass is 10.1. The summed E-state index contributed by atoms with van der Waals surface area (Å²) in [4.78, 5) is 16.5. The van der Waals surface area contributed by atoms with Crippen molar-refractivity contribution in [2.24, 2.45) is 4.99 Å². The average molecular weight is 380 g/mol. The molecular formula is C22H18ClNO3. The molecule has 0 heterocycles. The Morgan fingerprint density at radius 1 is 1.04 bits per heavy atom. The molecule has 0 aliphatic rings. The topological polar surface area (TPSA) is 58.9 Å². The number of aromatic hydroxyl groups is 1. The van der Waals surface area contributed by atoms with E-state index in [1.807, 2.05) is 26.0 Å². The summed E-state index contributed by atoms with van der Waals surface area (Å²) in [5.74, 6) is 0.153. The number of nitrogens with zero attached hydrogens (tertiary/aromatic N) is 1. The van der Waals surface area contributed by atoms with Gasteiger partial charge in [-0.15, -0.1) is 0 Å². The highest BCUT2D eigenvalue weighted by Gasteiger charge is 2.08. The Bertz CT molecular complexity index is 993. The predicted molar refractivity (Wildman–Crippen MR) is 108 cm³/mol. The van der Waals surface area contributed by atoms with Crippen LogP contribution < -0.4 is 4.74 Å². The van der Waals surface area contributed by atoms with Gasteiger partial charge in [-0.2, -0.15) is 0 Å². The van der Waals surface area contributed by atoms with E-state index in [0.29, 0.717) is 22.0 Å². The van der Waals surface area contributed by atoms with Crippen molar-refractivity contribution >= 4 is 29.5 Å². The van der Waals surface area contributed by atoms with E-state index >= 15 is 0 Å². The number of hydrogen-bond acceptors (Lipinski definition) is 4. The second-order valence-electron chi connectivity index (χ2n) is 6.17. The van der Waals surface area contributed by atoms with Gasteiger partial charge in [-0.3, -0.25) is 4.99 Å². The second kappa shape index (κ2) is 8.06. The Morgan fingerprint density at radius 2 is 1.70 bits per heavy atom. The summed E-state index contributed by atoms with van der Waals surface area (Å²) in [5.41, 5.74) is 3.58. The first-order valence-electron chi connectivity index (χ1n) is 8.34. The molecule has 3 rings (SSSR count). The molecule has 0 unspecified atom stereocenters. The van der Waals surface area contributed by atoms with Gasteiger partial charge in [0.25, 0.3) is 0 Å². The number of halogens is 1. The molecule has 5 heteroatoms. The van der Waals surface area contributed by atoms with Crippen LogP contribution in [0.15, 0.2) is 65.7 Å². The van der Waals surface area contributed by atoms with Crippen LogP contribution in [0.2, 0.25) is 5.02 Å². The van der Waals surface area contributed by atoms with Crippen molar-refractivity contribution in [1.29, 1.82) is 0 Å². The Hall–Kier alpha value is -3.11. The van der Waals surface area contributed by atoms with Crippen LogP contribution >= 0.6 is 11.6 Å². The number of aliphatic imine (C=N–C) groups is 1. The molecule has 0 radical (unpaired) electrons. The Balaban J connectivity index is 1.70. The molecule has 0 aromatic heterocycles. The standard InChI is InChI=1S/C22H18ClNO3/c1-14-11-15(2)21(25)20(12-14)24-13-16-3-9-19(10-4-16)27-22(26)17-5-7-18(23)8-6-17/h3-13,25H,1-2H3. The number of ether oxygens (including phenoxy) is 1. The van der Waals surface area contributed by atoms with Crippen molar-refractivity contribution in [3.05, 3.63) is 87.9 Å². The molecule has 0 saturated carbocycles. The van der Waals surface area contributed by atoms with Gasteiger partial charge in [0.05, 0.1) is 5.56 Å². The third-order valence-corrected chi connectivity index (χ3v) is 4.20. The molecule has 0 fully saturated rings. The number of aryl methyl sites for hydroxylation is 2. The first-order valence-corrected chi connectivity index (χ1v) is 8.72. The smallest absolute Gasteiger partial charge is 0.343 e. The lowest BCUT2D eigenvalue weighted by Gasteiger charge is -2.06. The average Bonchev–Trinajstić information content (AvgIpc) is 2.65. The van der Waals surface area contributed by atoms with E-state index in [1.165, 1.54) is 0 Å². The van der Waals surface area contributed by atoms with Gasteiger partial charge in [-0.1, -0.05) is 17.7 Å². The highest BCUT2D eigenvalue weighted by molar-refractivity contribution is 6.30. The number of carbonyl (C=O) groups is 1. The summed E-state index contributed by atoms with van der Waals surface area (Å²) in [7, 11) is 0. The molecule has 4 nitrogen and oxygen atoms in total. The minimum atomic E-state index is -0.451. The van der Waals surface area contributed by atoms with Gasteiger partial charge in [0.2, 0.25) is 0 Å². The molecule has 0 spiro atoms. The number of esters is 1. The van der Waals surface area contributed by atoms with Gasteiger partial charge in [0, 0.05) is 11.2 Å². The first-order chi connectivity index (χ1) is 12.9. The highest BCUT2D eigenvalue weighted by atomic mass is 35.5. The van der Waals surface area contributed by atoms with Gasteiger partial charge in [0.15, 0.2) is 0 Å². The van der Waals surface area contributed by atoms with Gasteiger partial charge in [-0.05, 0) is 85.1 Å². The first kappa shape index (κ1) is 18.7. The minimum absolute atomic E-state index is 0.172. The fourth-order valence-electron chi connectivity index (χ4n) is 2.55. The molecule has 0 aliphatic carbocycles. The highest BCUT2D eigenvalue weighted by Crippen LogP contribution is 2.31. The number of carbonyl (C=O) groups excluding carboxylic acids is 1. The largest absolute Gasteiger partial charge is 0.505 e. The number of rotatable bonds is 4. The Labute approximate surface area is 162 Å². The van der Waals surface area contributed by atoms with E-state index in [0.717, 1.165) is 16.7 Å². The quantitative estimate of drug-likeness (QED) is 0.363. The molecule has 27 heavy (non-hydrogen) atoms. The van der Waals surface area contributed by atoms with Crippen LogP contribution in [-0.4, -0.2) is 17.3 Å². The zero-order chi connectivity index (χ0) is 19.4. The molecule has 0 aliphatic heterocycles. The van der Waals surface area contributed by atoms with E-state index in [9.17, 15) is 9.90 Å². The molecule has 0 amide bonds.